The van der Waals surface area contributed by atoms with E-state index in [0.29, 0.717) is 24.8 Å². The molecular weight excluding hydrogens is 348 g/mol. The Bertz CT molecular complexity index is 884. The predicted octanol–water partition coefficient (Wildman–Crippen LogP) is 3.12. The van der Waals surface area contributed by atoms with E-state index in [0.717, 1.165) is 28.1 Å². The second-order valence-corrected chi connectivity index (χ2v) is 6.71. The molecule has 2 aliphatic rings. The van der Waals surface area contributed by atoms with E-state index in [4.69, 9.17) is 11.1 Å². The van der Waals surface area contributed by atoms with Gasteiger partial charge in [-0.1, -0.05) is 32.2 Å². The van der Waals surface area contributed by atoms with Crippen LogP contribution in [0.2, 0.25) is 0 Å². The molecule has 0 unspecified atom stereocenters. The largest absolute Gasteiger partial charge is 0.384 e. The summed E-state index contributed by atoms with van der Waals surface area (Å²) in [5.74, 6) is 1.03. The molecule has 2 rings (SSSR count). The van der Waals surface area contributed by atoms with E-state index in [1.165, 1.54) is 6.08 Å². The van der Waals surface area contributed by atoms with Gasteiger partial charge in [0.2, 0.25) is 0 Å². The molecule has 0 radical (unpaired) electrons. The van der Waals surface area contributed by atoms with E-state index in [1.54, 1.807) is 6.21 Å². The summed E-state index contributed by atoms with van der Waals surface area (Å²) in [6.07, 6.45) is 12.9. The molecule has 6 heteroatoms. The van der Waals surface area contributed by atoms with Gasteiger partial charge in [-0.05, 0) is 47.9 Å². The highest BCUT2D eigenvalue weighted by atomic mass is 14.9. The summed E-state index contributed by atoms with van der Waals surface area (Å²) in [7, 11) is 0. The lowest BCUT2D eigenvalue weighted by atomic mass is 10.0. The number of nitrogens with zero attached hydrogens (tertiary/aromatic N) is 2. The number of rotatable bonds is 7. The van der Waals surface area contributed by atoms with Crippen molar-refractivity contribution in [1.82, 2.24) is 10.6 Å². The summed E-state index contributed by atoms with van der Waals surface area (Å²) in [5.41, 5.74) is 13.8. The van der Waals surface area contributed by atoms with Crippen LogP contribution in [0.1, 0.15) is 20.8 Å². The fourth-order valence-corrected chi connectivity index (χ4v) is 2.45. The number of amidine groups is 2. The lowest BCUT2D eigenvalue weighted by molar-refractivity contribution is 0.794. The smallest absolute Gasteiger partial charge is 0.117 e. The van der Waals surface area contributed by atoms with Crippen LogP contribution in [0.5, 0.6) is 0 Å². The van der Waals surface area contributed by atoms with Crippen molar-refractivity contribution in [1.29, 1.82) is 5.41 Å². The van der Waals surface area contributed by atoms with Gasteiger partial charge in [0.05, 0.1) is 18.1 Å². The second kappa shape index (κ2) is 10.1. The molecule has 1 aliphatic heterocycles. The average molecular weight is 377 g/mol. The molecule has 0 spiro atoms. The van der Waals surface area contributed by atoms with Crippen LogP contribution in [-0.2, 0) is 0 Å². The first-order valence-electron chi connectivity index (χ1n) is 9.20. The van der Waals surface area contributed by atoms with Crippen LogP contribution in [0.15, 0.2) is 87.0 Å². The van der Waals surface area contributed by atoms with Gasteiger partial charge in [0, 0.05) is 24.9 Å². The zero-order valence-corrected chi connectivity index (χ0v) is 16.7. The summed E-state index contributed by atoms with van der Waals surface area (Å²) in [6.45, 7) is 10.6. The van der Waals surface area contributed by atoms with Crippen molar-refractivity contribution in [3.8, 4) is 0 Å². The SMILES string of the molecule is C=CC(N)=NC/C(CNC(=N)C(C)C)=C(/C)C1=CC=C2N=CC=CNC2=C=C1. The van der Waals surface area contributed by atoms with Gasteiger partial charge in [0.1, 0.15) is 11.5 Å². The van der Waals surface area contributed by atoms with Gasteiger partial charge < -0.3 is 16.4 Å². The van der Waals surface area contributed by atoms with Crippen LogP contribution in [0.4, 0.5) is 0 Å². The molecule has 0 aromatic rings. The number of hydrogen-bond acceptors (Lipinski definition) is 4. The molecule has 1 aliphatic carbocycles. The third-order valence-electron chi connectivity index (χ3n) is 4.37. The first-order valence-corrected chi connectivity index (χ1v) is 9.20. The number of aliphatic imine (C=N–C) groups is 2. The van der Waals surface area contributed by atoms with Crippen LogP contribution in [0.25, 0.3) is 0 Å². The van der Waals surface area contributed by atoms with E-state index in [9.17, 15) is 0 Å². The Hall–Kier alpha value is -3.37. The van der Waals surface area contributed by atoms with Gasteiger partial charge in [0.15, 0.2) is 0 Å². The summed E-state index contributed by atoms with van der Waals surface area (Å²) in [4.78, 5) is 8.78. The maximum atomic E-state index is 8.05. The Morgan fingerprint density at radius 2 is 2.25 bits per heavy atom. The van der Waals surface area contributed by atoms with Crippen molar-refractivity contribution < 1.29 is 0 Å². The molecule has 6 nitrogen and oxygen atoms in total. The van der Waals surface area contributed by atoms with Crippen molar-refractivity contribution in [3.05, 3.63) is 77.0 Å². The molecule has 146 valence electrons. The minimum atomic E-state index is 0.138. The van der Waals surface area contributed by atoms with Crippen molar-refractivity contribution in [2.45, 2.75) is 20.8 Å². The third kappa shape index (κ3) is 5.83. The van der Waals surface area contributed by atoms with E-state index in [1.807, 2.05) is 51.3 Å². The summed E-state index contributed by atoms with van der Waals surface area (Å²) >= 11 is 0. The van der Waals surface area contributed by atoms with E-state index in [2.05, 4.69) is 32.9 Å². The van der Waals surface area contributed by atoms with Crippen LogP contribution >= 0.6 is 0 Å². The molecule has 0 atom stereocenters. The standard InChI is InChI=1S/C22H28N6/c1-5-21(23)27-13-18(14-28-22(24)15(2)3)16(4)17-7-9-19-20(10-8-17)26-12-6-11-25-19/h5-9,11-12,15,26H,1,13-14H2,2-4H3,(H2,23,27)(H2,24,28)/b18-16+. The zero-order chi connectivity index (χ0) is 20.5. The van der Waals surface area contributed by atoms with Crippen molar-refractivity contribution >= 4 is 17.9 Å². The third-order valence-corrected chi connectivity index (χ3v) is 4.37. The average Bonchev–Trinajstić information content (AvgIpc) is 3.02. The quantitative estimate of drug-likeness (QED) is 0.312. The molecule has 0 aromatic heterocycles. The number of nitrogens with two attached hydrogens (primary N) is 1. The van der Waals surface area contributed by atoms with Gasteiger partial charge in [-0.15, -0.1) is 0 Å². The Labute approximate surface area is 166 Å². The van der Waals surface area contributed by atoms with Gasteiger partial charge >= 0.3 is 0 Å². The van der Waals surface area contributed by atoms with E-state index in [-0.39, 0.29) is 5.92 Å². The monoisotopic (exact) mass is 376 g/mol. The molecule has 0 saturated carbocycles. The first kappa shape index (κ1) is 20.9. The fourth-order valence-electron chi connectivity index (χ4n) is 2.45. The van der Waals surface area contributed by atoms with Crippen LogP contribution in [-0.4, -0.2) is 31.0 Å². The summed E-state index contributed by atoms with van der Waals surface area (Å²) in [6, 6.07) is 0. The highest BCUT2D eigenvalue weighted by Crippen LogP contribution is 2.21. The lowest BCUT2D eigenvalue weighted by Crippen LogP contribution is -2.30. The molecule has 0 fully saturated rings. The van der Waals surface area contributed by atoms with E-state index < -0.39 is 0 Å². The normalized spacial score (nSPS) is 16.7. The molecule has 28 heavy (non-hydrogen) atoms. The molecule has 0 amide bonds. The Balaban J connectivity index is 2.36. The van der Waals surface area contributed by atoms with Gasteiger partial charge in [-0.3, -0.25) is 15.4 Å². The van der Waals surface area contributed by atoms with Crippen molar-refractivity contribution in [3.63, 3.8) is 0 Å². The number of fused-ring (bicyclic) bond motifs is 1. The van der Waals surface area contributed by atoms with Crippen LogP contribution < -0.4 is 16.4 Å². The number of nitrogens with one attached hydrogen (secondary N) is 3. The number of allylic oxidation sites excluding steroid dienone is 5. The lowest BCUT2D eigenvalue weighted by Gasteiger charge is -2.15. The van der Waals surface area contributed by atoms with Crippen molar-refractivity contribution in [2.24, 2.45) is 21.6 Å². The topological polar surface area (TPSA) is 98.6 Å². The highest BCUT2D eigenvalue weighted by molar-refractivity contribution is 5.90. The number of hydrogen-bond donors (Lipinski definition) is 4. The molecule has 1 heterocycles. The maximum absolute atomic E-state index is 8.05. The molecule has 0 saturated heterocycles. The van der Waals surface area contributed by atoms with Crippen LogP contribution in [0.3, 0.4) is 0 Å². The minimum absolute atomic E-state index is 0.138. The molecule has 0 bridgehead atoms. The Kier molecular flexibility index (Phi) is 7.55. The summed E-state index contributed by atoms with van der Waals surface area (Å²) < 4.78 is 0. The molecule has 5 N–H and O–H groups in total. The highest BCUT2D eigenvalue weighted by Gasteiger charge is 2.11. The van der Waals surface area contributed by atoms with E-state index >= 15 is 0 Å². The molecular formula is C22H28N6. The van der Waals surface area contributed by atoms with Crippen molar-refractivity contribution in [2.75, 3.05) is 13.1 Å². The zero-order valence-electron chi connectivity index (χ0n) is 16.7. The van der Waals surface area contributed by atoms with Crippen LogP contribution in [0, 0.1) is 11.3 Å². The summed E-state index contributed by atoms with van der Waals surface area (Å²) in [5, 5.41) is 14.4. The maximum Gasteiger partial charge on any atom is 0.117 e. The second-order valence-electron chi connectivity index (χ2n) is 6.71. The Morgan fingerprint density at radius 3 is 2.96 bits per heavy atom. The van der Waals surface area contributed by atoms with Gasteiger partial charge in [-0.2, -0.15) is 0 Å². The minimum Gasteiger partial charge on any atom is -0.384 e. The fraction of sp³-hybridized carbons (Fsp3) is 0.273. The molecule has 0 aromatic carbocycles. The predicted molar refractivity (Wildman–Crippen MR) is 118 cm³/mol. The Morgan fingerprint density at radius 1 is 1.46 bits per heavy atom. The van der Waals surface area contributed by atoms with Gasteiger partial charge in [0.25, 0.3) is 0 Å². The first-order chi connectivity index (χ1) is 13.4. The van der Waals surface area contributed by atoms with Gasteiger partial charge in [-0.25, -0.2) is 0 Å².